The van der Waals surface area contributed by atoms with Gasteiger partial charge < -0.3 is 21.4 Å². The Morgan fingerprint density at radius 1 is 1.30 bits per heavy atom. The number of anilines is 2. The van der Waals surface area contributed by atoms with Crippen molar-refractivity contribution in [2.24, 2.45) is 21.2 Å². The molecule has 4 aromatic rings. The van der Waals surface area contributed by atoms with Crippen molar-refractivity contribution in [2.75, 3.05) is 18.4 Å². The lowest BCUT2D eigenvalue weighted by Gasteiger charge is -2.31. The Balaban J connectivity index is 1.44. The van der Waals surface area contributed by atoms with Crippen molar-refractivity contribution in [2.45, 2.75) is 45.3 Å². The zero-order valence-corrected chi connectivity index (χ0v) is 20.9. The van der Waals surface area contributed by atoms with Gasteiger partial charge in [-0.15, -0.1) is 5.10 Å². The molecule has 0 aliphatic carbocycles. The highest BCUT2D eigenvalue weighted by atomic mass is 16.1. The predicted molar refractivity (Wildman–Crippen MR) is 143 cm³/mol. The second-order valence-corrected chi connectivity index (χ2v) is 9.45. The lowest BCUT2D eigenvalue weighted by atomic mass is 10.0. The van der Waals surface area contributed by atoms with E-state index < -0.39 is 0 Å². The van der Waals surface area contributed by atoms with Gasteiger partial charge in [0, 0.05) is 49.0 Å². The second kappa shape index (κ2) is 10.7. The van der Waals surface area contributed by atoms with Crippen LogP contribution in [0.4, 0.5) is 11.5 Å². The number of aromatic amines is 1. The van der Waals surface area contributed by atoms with E-state index in [9.17, 15) is 4.79 Å². The first-order valence-corrected chi connectivity index (χ1v) is 12.4. The number of fused-ring (bicyclic) bond motifs is 2. The molecule has 3 aromatic heterocycles. The molecule has 1 saturated heterocycles. The lowest BCUT2D eigenvalue weighted by molar-refractivity contribution is -0.110. The van der Waals surface area contributed by atoms with Crippen LogP contribution >= 0.6 is 0 Å². The van der Waals surface area contributed by atoms with Gasteiger partial charge in [-0.25, -0.2) is 9.50 Å². The van der Waals surface area contributed by atoms with Gasteiger partial charge in [0.15, 0.2) is 11.7 Å². The number of nitrogens with two attached hydrogens (primary N) is 1. The minimum Gasteiger partial charge on any atom is -0.382 e. The summed E-state index contributed by atoms with van der Waals surface area (Å²) in [7, 11) is 0. The third-order valence-electron chi connectivity index (χ3n) is 6.47. The predicted octanol–water partition coefficient (Wildman–Crippen LogP) is 3.15. The van der Waals surface area contributed by atoms with Crippen molar-refractivity contribution < 1.29 is 4.79 Å². The number of nitrogens with one attached hydrogen (secondary N) is 3. The molecule has 0 saturated carbocycles. The number of carbonyl (C=O) groups is 1. The monoisotopic (exact) mass is 501 g/mol. The first-order valence-electron chi connectivity index (χ1n) is 12.4. The van der Waals surface area contributed by atoms with Gasteiger partial charge >= 0.3 is 0 Å². The van der Waals surface area contributed by atoms with Crippen molar-refractivity contribution in [3.05, 3.63) is 54.1 Å². The molecule has 37 heavy (non-hydrogen) atoms. The number of piperidine rings is 1. The van der Waals surface area contributed by atoms with Crippen molar-refractivity contribution >= 4 is 40.2 Å². The van der Waals surface area contributed by atoms with Gasteiger partial charge in [-0.1, -0.05) is 0 Å². The highest BCUT2D eigenvalue weighted by Crippen LogP contribution is 2.30. The second-order valence-electron chi connectivity index (χ2n) is 9.45. The molecule has 12 nitrogen and oxygen atoms in total. The largest absolute Gasteiger partial charge is 0.382 e. The van der Waals surface area contributed by atoms with Crippen molar-refractivity contribution in [3.8, 4) is 0 Å². The summed E-state index contributed by atoms with van der Waals surface area (Å²) in [6, 6.07) is 8.23. The summed E-state index contributed by atoms with van der Waals surface area (Å²) in [5.41, 5.74) is 10.7. The molecule has 1 fully saturated rings. The molecular weight excluding hydrogens is 470 g/mol. The minimum atomic E-state index is 0.0386. The lowest BCUT2D eigenvalue weighted by Crippen LogP contribution is -2.41. The van der Waals surface area contributed by atoms with Gasteiger partial charge in [0.1, 0.15) is 11.8 Å². The average molecular weight is 502 g/mol. The molecule has 1 aromatic carbocycles. The van der Waals surface area contributed by atoms with Crippen LogP contribution in [0.15, 0.2) is 58.4 Å². The zero-order chi connectivity index (χ0) is 25.8. The normalized spacial score (nSPS) is 15.8. The van der Waals surface area contributed by atoms with Crippen LogP contribution in [0.3, 0.4) is 0 Å². The molecule has 5 rings (SSSR count). The van der Waals surface area contributed by atoms with Gasteiger partial charge in [0.05, 0.1) is 17.2 Å². The Morgan fingerprint density at radius 3 is 2.92 bits per heavy atom. The summed E-state index contributed by atoms with van der Waals surface area (Å²) in [6.45, 7) is 6.45. The number of benzene rings is 1. The molecule has 1 aliphatic heterocycles. The Kier molecular flexibility index (Phi) is 7.08. The van der Waals surface area contributed by atoms with Crippen LogP contribution < -0.4 is 16.4 Å². The van der Waals surface area contributed by atoms with E-state index in [0.29, 0.717) is 5.82 Å². The van der Waals surface area contributed by atoms with Crippen LogP contribution in [-0.2, 0) is 11.3 Å². The van der Waals surface area contributed by atoms with E-state index in [1.54, 1.807) is 0 Å². The van der Waals surface area contributed by atoms with Gasteiger partial charge in [-0.2, -0.15) is 10.2 Å². The molecule has 192 valence electrons. The Bertz CT molecular complexity index is 1440. The molecule has 0 unspecified atom stereocenters. The van der Waals surface area contributed by atoms with E-state index >= 15 is 0 Å². The van der Waals surface area contributed by atoms with Crippen molar-refractivity contribution in [1.82, 2.24) is 29.8 Å². The number of H-pyrrole nitrogens is 1. The van der Waals surface area contributed by atoms with E-state index in [4.69, 9.17) is 5.73 Å². The number of amidine groups is 1. The smallest absolute Gasteiger partial charge is 0.207 e. The van der Waals surface area contributed by atoms with E-state index in [2.05, 4.69) is 52.1 Å². The van der Waals surface area contributed by atoms with Crippen LogP contribution in [0, 0.1) is 0 Å². The SMILES string of the molecule is CC(C)N=NN=C(N)c1cc(Nc2ncnn3ccc(CN4CCC(NC=O)CC4)c23)c2[nH]ccc2c1. The number of amides is 1. The summed E-state index contributed by atoms with van der Waals surface area (Å²) >= 11 is 0. The Morgan fingerprint density at radius 2 is 2.14 bits per heavy atom. The maximum Gasteiger partial charge on any atom is 0.207 e. The summed E-state index contributed by atoms with van der Waals surface area (Å²) in [4.78, 5) is 21.0. The summed E-state index contributed by atoms with van der Waals surface area (Å²) in [5.74, 6) is 0.967. The topological polar surface area (TPSA) is 153 Å². The maximum atomic E-state index is 10.8. The van der Waals surface area contributed by atoms with Crippen LogP contribution in [0.5, 0.6) is 0 Å². The van der Waals surface area contributed by atoms with Crippen molar-refractivity contribution in [1.29, 1.82) is 0 Å². The molecule has 5 N–H and O–H groups in total. The Hall–Kier alpha value is -4.32. The van der Waals surface area contributed by atoms with Crippen LogP contribution in [0.1, 0.15) is 37.8 Å². The molecule has 0 spiro atoms. The summed E-state index contributed by atoms with van der Waals surface area (Å²) in [5, 5.41) is 23.7. The van der Waals surface area contributed by atoms with Crippen LogP contribution in [-0.4, -0.2) is 61.9 Å². The van der Waals surface area contributed by atoms with Crippen LogP contribution in [0.25, 0.3) is 16.4 Å². The molecule has 12 heteroatoms. The third kappa shape index (κ3) is 5.43. The van der Waals surface area contributed by atoms with Crippen molar-refractivity contribution in [3.63, 3.8) is 0 Å². The number of hydrogen-bond acceptors (Lipinski definition) is 7. The molecule has 0 atom stereocenters. The number of hydrogen-bond donors (Lipinski definition) is 4. The van der Waals surface area contributed by atoms with Gasteiger partial charge in [0.25, 0.3) is 0 Å². The maximum absolute atomic E-state index is 10.8. The highest BCUT2D eigenvalue weighted by molar-refractivity contribution is 6.05. The third-order valence-corrected chi connectivity index (χ3v) is 6.47. The van der Waals surface area contributed by atoms with Gasteiger partial charge in [0.2, 0.25) is 6.41 Å². The molecule has 0 radical (unpaired) electrons. The fourth-order valence-corrected chi connectivity index (χ4v) is 4.61. The molecular formula is C25H31N11O. The quantitative estimate of drug-likeness (QED) is 0.0908. The minimum absolute atomic E-state index is 0.0386. The standard InChI is InChI=1S/C25H31N11O/c1-16(2)32-34-33-24(26)19-11-17-3-7-27-22(17)21(12-19)31-25-23-18(4-10-36(23)30-14-28-25)13-35-8-5-20(6-9-35)29-15-37/h3-4,7,10-12,14-16,20,27H,5-6,8-9,13H2,1-2H3,(H,29,37)(H2,26,32,33)(H,28,30,31). The van der Waals surface area contributed by atoms with Gasteiger partial charge in [-0.05, 0) is 61.7 Å². The van der Waals surface area contributed by atoms with E-state index in [-0.39, 0.29) is 17.9 Å². The number of nitrogens with zero attached hydrogens (tertiary/aromatic N) is 7. The molecule has 1 amide bonds. The molecule has 1 aliphatic rings. The molecule has 4 heterocycles. The number of carbonyl (C=O) groups excluding carboxylic acids is 1. The summed E-state index contributed by atoms with van der Waals surface area (Å²) in [6.07, 6.45) is 8.03. The molecule has 0 bridgehead atoms. The number of aromatic nitrogens is 4. The zero-order valence-electron chi connectivity index (χ0n) is 20.9. The first kappa shape index (κ1) is 24.4. The first-order chi connectivity index (χ1) is 18.0. The fourth-order valence-electron chi connectivity index (χ4n) is 4.61. The van der Waals surface area contributed by atoms with E-state index in [0.717, 1.165) is 72.1 Å². The van der Waals surface area contributed by atoms with E-state index in [1.807, 2.05) is 49.0 Å². The average Bonchev–Trinajstić information content (AvgIpc) is 3.53. The summed E-state index contributed by atoms with van der Waals surface area (Å²) < 4.78 is 1.84. The fraction of sp³-hybridized carbons (Fsp3) is 0.360. The number of likely N-dealkylation sites (tertiary alicyclic amines) is 1. The Labute approximate surface area is 214 Å². The van der Waals surface area contributed by atoms with Crippen LogP contribution in [0.2, 0.25) is 0 Å². The van der Waals surface area contributed by atoms with Gasteiger partial charge in [-0.3, -0.25) is 9.69 Å². The highest BCUT2D eigenvalue weighted by Gasteiger charge is 2.21. The number of rotatable bonds is 9. The van der Waals surface area contributed by atoms with E-state index in [1.165, 1.54) is 6.33 Å².